The summed E-state index contributed by atoms with van der Waals surface area (Å²) in [4.78, 5) is 0. The van der Waals surface area contributed by atoms with Crippen molar-refractivity contribution in [3.8, 4) is 5.75 Å². The number of aryl methyl sites for hydroxylation is 1. The van der Waals surface area contributed by atoms with Crippen LogP contribution in [0.1, 0.15) is 36.9 Å². The van der Waals surface area contributed by atoms with Crippen molar-refractivity contribution in [3.63, 3.8) is 0 Å². The molecule has 1 aromatic rings. The lowest BCUT2D eigenvalue weighted by molar-refractivity contribution is 0.0325. The molecule has 0 amide bonds. The molecule has 0 bridgehead atoms. The second-order valence-corrected chi connectivity index (χ2v) is 5.33. The van der Waals surface area contributed by atoms with Crippen LogP contribution in [0, 0.1) is 0 Å². The summed E-state index contributed by atoms with van der Waals surface area (Å²) in [5.74, 6) is 0.829. The normalized spacial score (nSPS) is 18.9. The number of hydrogen-bond acceptors (Lipinski definition) is 4. The number of nitrogens with one attached hydrogen (secondary N) is 1. The first kappa shape index (κ1) is 15.3. The van der Waals surface area contributed by atoms with Crippen molar-refractivity contribution < 1.29 is 14.6 Å². The molecule has 1 aliphatic carbocycles. The number of hydrogen-bond donors (Lipinski definition) is 2. The molecule has 0 radical (unpaired) electrons. The molecular weight excluding hydrogens is 254 g/mol. The van der Waals surface area contributed by atoms with Gasteiger partial charge in [0.15, 0.2) is 0 Å². The average molecular weight is 279 g/mol. The fourth-order valence-electron chi connectivity index (χ4n) is 2.65. The third-order valence-electron chi connectivity index (χ3n) is 3.63. The van der Waals surface area contributed by atoms with E-state index in [0.29, 0.717) is 12.6 Å². The van der Waals surface area contributed by atoms with E-state index in [1.165, 1.54) is 11.1 Å². The largest absolute Gasteiger partial charge is 0.491 e. The minimum Gasteiger partial charge on any atom is -0.491 e. The second kappa shape index (κ2) is 7.62. The van der Waals surface area contributed by atoms with E-state index in [9.17, 15) is 5.11 Å². The van der Waals surface area contributed by atoms with Gasteiger partial charge in [-0.3, -0.25) is 0 Å². The first-order chi connectivity index (χ1) is 9.74. The van der Waals surface area contributed by atoms with Crippen LogP contribution >= 0.6 is 0 Å². The van der Waals surface area contributed by atoms with Crippen LogP contribution in [0.2, 0.25) is 0 Å². The number of benzene rings is 1. The minimum absolute atomic E-state index is 0.268. The van der Waals surface area contributed by atoms with Gasteiger partial charge in [-0.1, -0.05) is 13.0 Å². The summed E-state index contributed by atoms with van der Waals surface area (Å²) >= 11 is 0. The molecule has 2 N–H and O–H groups in total. The molecule has 0 spiro atoms. The zero-order chi connectivity index (χ0) is 14.4. The molecular formula is C16H25NO3. The van der Waals surface area contributed by atoms with Crippen LogP contribution in [0.4, 0.5) is 0 Å². The van der Waals surface area contributed by atoms with Crippen LogP contribution in [-0.2, 0) is 11.2 Å². The van der Waals surface area contributed by atoms with E-state index >= 15 is 0 Å². The van der Waals surface area contributed by atoms with E-state index in [2.05, 4.69) is 24.4 Å². The Labute approximate surface area is 121 Å². The molecule has 112 valence electrons. The molecule has 2 unspecified atom stereocenters. The molecule has 2 rings (SSSR count). The van der Waals surface area contributed by atoms with Gasteiger partial charge in [-0.25, -0.2) is 0 Å². The van der Waals surface area contributed by atoms with Gasteiger partial charge in [-0.15, -0.1) is 0 Å². The maximum absolute atomic E-state index is 9.58. The Balaban J connectivity index is 1.92. The maximum Gasteiger partial charge on any atom is 0.119 e. The number of rotatable bonds is 8. The molecule has 0 heterocycles. The fourth-order valence-corrected chi connectivity index (χ4v) is 2.65. The van der Waals surface area contributed by atoms with E-state index in [1.807, 2.05) is 6.07 Å². The molecule has 20 heavy (non-hydrogen) atoms. The van der Waals surface area contributed by atoms with Gasteiger partial charge in [-0.2, -0.15) is 0 Å². The number of aliphatic hydroxyl groups excluding tert-OH is 1. The van der Waals surface area contributed by atoms with Crippen LogP contribution < -0.4 is 10.1 Å². The zero-order valence-corrected chi connectivity index (χ0v) is 12.4. The smallest absolute Gasteiger partial charge is 0.119 e. The molecule has 0 fully saturated rings. The zero-order valence-electron chi connectivity index (χ0n) is 12.4. The Bertz CT molecular complexity index is 422. The molecule has 0 aromatic heterocycles. The topological polar surface area (TPSA) is 50.7 Å². The van der Waals surface area contributed by atoms with Crippen molar-refractivity contribution in [1.29, 1.82) is 0 Å². The van der Waals surface area contributed by atoms with Crippen LogP contribution in [0.15, 0.2) is 18.2 Å². The molecule has 4 nitrogen and oxygen atoms in total. The third kappa shape index (κ3) is 3.95. The molecule has 0 saturated heterocycles. The Morgan fingerprint density at radius 3 is 3.00 bits per heavy atom. The highest BCUT2D eigenvalue weighted by Gasteiger charge is 2.22. The van der Waals surface area contributed by atoms with Gasteiger partial charge in [-0.05, 0) is 49.1 Å². The van der Waals surface area contributed by atoms with E-state index < -0.39 is 6.10 Å². The molecule has 1 aliphatic rings. The van der Waals surface area contributed by atoms with Crippen molar-refractivity contribution in [2.45, 2.75) is 38.3 Å². The monoisotopic (exact) mass is 279 g/mol. The minimum atomic E-state index is -0.577. The number of methoxy groups -OCH3 is 1. The highest BCUT2D eigenvalue weighted by atomic mass is 16.5. The van der Waals surface area contributed by atoms with E-state index in [1.54, 1.807) is 7.11 Å². The van der Waals surface area contributed by atoms with Crippen molar-refractivity contribution in [1.82, 2.24) is 5.32 Å². The van der Waals surface area contributed by atoms with Gasteiger partial charge in [0.05, 0.1) is 6.61 Å². The lowest BCUT2D eigenvalue weighted by atomic mass is 10.1. The van der Waals surface area contributed by atoms with Crippen LogP contribution in [0.3, 0.4) is 0 Å². The first-order valence-electron chi connectivity index (χ1n) is 7.40. The Morgan fingerprint density at radius 2 is 2.25 bits per heavy atom. The Morgan fingerprint density at radius 1 is 1.40 bits per heavy atom. The number of ether oxygens (including phenoxy) is 2. The number of fused-ring (bicyclic) bond motifs is 1. The van der Waals surface area contributed by atoms with Crippen LogP contribution in [-0.4, -0.2) is 38.1 Å². The van der Waals surface area contributed by atoms with Gasteiger partial charge in [0.1, 0.15) is 18.5 Å². The Kier molecular flexibility index (Phi) is 5.83. The summed E-state index contributed by atoms with van der Waals surface area (Å²) in [5, 5.41) is 13.2. The van der Waals surface area contributed by atoms with Crippen molar-refractivity contribution in [3.05, 3.63) is 29.3 Å². The fraction of sp³-hybridized carbons (Fsp3) is 0.625. The molecule has 0 saturated carbocycles. The molecule has 2 atom stereocenters. The Hall–Kier alpha value is -1.10. The summed E-state index contributed by atoms with van der Waals surface area (Å²) in [7, 11) is 1.57. The molecule has 0 aliphatic heterocycles. The standard InChI is InChI=1S/C16H25NO3/c1-3-8-17-16-7-4-12-9-14(5-6-15(12)16)20-11-13(18)10-19-2/h5-6,9,13,16-18H,3-4,7-8,10-11H2,1-2H3. The average Bonchev–Trinajstić information content (AvgIpc) is 2.85. The summed E-state index contributed by atoms with van der Waals surface area (Å²) in [6.45, 7) is 3.81. The van der Waals surface area contributed by atoms with Crippen LogP contribution in [0.25, 0.3) is 0 Å². The quantitative estimate of drug-likeness (QED) is 0.765. The maximum atomic E-state index is 9.58. The lowest BCUT2D eigenvalue weighted by Crippen LogP contribution is -2.22. The molecule has 4 heteroatoms. The summed E-state index contributed by atoms with van der Waals surface area (Å²) in [5.41, 5.74) is 2.75. The van der Waals surface area contributed by atoms with Crippen molar-refractivity contribution >= 4 is 0 Å². The first-order valence-corrected chi connectivity index (χ1v) is 7.40. The van der Waals surface area contributed by atoms with Crippen molar-refractivity contribution in [2.75, 3.05) is 26.9 Å². The third-order valence-corrected chi connectivity index (χ3v) is 3.63. The van der Waals surface area contributed by atoms with E-state index in [4.69, 9.17) is 9.47 Å². The van der Waals surface area contributed by atoms with Crippen molar-refractivity contribution in [2.24, 2.45) is 0 Å². The lowest BCUT2D eigenvalue weighted by Gasteiger charge is -2.15. The number of aliphatic hydroxyl groups is 1. The van der Waals surface area contributed by atoms with Gasteiger partial charge in [0, 0.05) is 13.2 Å². The summed E-state index contributed by atoms with van der Waals surface area (Å²) in [6, 6.07) is 6.72. The highest BCUT2D eigenvalue weighted by Crippen LogP contribution is 2.33. The SMILES string of the molecule is CCCNC1CCc2cc(OCC(O)COC)ccc21. The summed E-state index contributed by atoms with van der Waals surface area (Å²) < 4.78 is 10.5. The van der Waals surface area contributed by atoms with E-state index in [-0.39, 0.29) is 6.61 Å². The van der Waals surface area contributed by atoms with Gasteiger partial charge >= 0.3 is 0 Å². The van der Waals surface area contributed by atoms with Gasteiger partial charge in [0.2, 0.25) is 0 Å². The predicted molar refractivity (Wildman–Crippen MR) is 79.2 cm³/mol. The predicted octanol–water partition coefficient (Wildman–Crippen LogP) is 2.06. The van der Waals surface area contributed by atoms with E-state index in [0.717, 1.165) is 31.6 Å². The molecule has 1 aromatic carbocycles. The van der Waals surface area contributed by atoms with Gasteiger partial charge < -0.3 is 19.9 Å². The summed E-state index contributed by atoms with van der Waals surface area (Å²) in [6.07, 6.45) is 2.83. The second-order valence-electron chi connectivity index (χ2n) is 5.33. The van der Waals surface area contributed by atoms with Gasteiger partial charge in [0.25, 0.3) is 0 Å². The highest BCUT2D eigenvalue weighted by molar-refractivity contribution is 5.40. The van der Waals surface area contributed by atoms with Crippen LogP contribution in [0.5, 0.6) is 5.75 Å².